The molecule has 0 amide bonds. The third-order valence-electron chi connectivity index (χ3n) is 6.18. The summed E-state index contributed by atoms with van der Waals surface area (Å²) in [4.78, 5) is 24.5. The molecule has 0 atom stereocenters. The predicted octanol–water partition coefficient (Wildman–Crippen LogP) is 4.56. The Hall–Kier alpha value is -3.58. The number of aromatic nitrogens is 4. The molecule has 7 heteroatoms. The molecule has 0 radical (unpaired) electrons. The lowest BCUT2D eigenvalue weighted by molar-refractivity contribution is 0.101. The van der Waals surface area contributed by atoms with E-state index >= 15 is 0 Å². The summed E-state index contributed by atoms with van der Waals surface area (Å²) >= 11 is 0. The van der Waals surface area contributed by atoms with Crippen LogP contribution in [-0.4, -0.2) is 51.0 Å². The van der Waals surface area contributed by atoms with Crippen LogP contribution in [0.1, 0.15) is 47.4 Å². The van der Waals surface area contributed by atoms with Crippen molar-refractivity contribution in [2.75, 3.05) is 25.9 Å². The zero-order valence-corrected chi connectivity index (χ0v) is 19.4. The molecule has 0 aliphatic carbocycles. The number of piperidine rings is 1. The summed E-state index contributed by atoms with van der Waals surface area (Å²) in [5, 5.41) is 7.16. The fourth-order valence-electron chi connectivity index (χ4n) is 4.31. The molecule has 0 saturated carbocycles. The first-order valence-corrected chi connectivity index (χ1v) is 11.2. The van der Waals surface area contributed by atoms with Gasteiger partial charge in [-0.05, 0) is 52.9 Å². The van der Waals surface area contributed by atoms with Gasteiger partial charge in [-0.1, -0.05) is 36.4 Å². The number of carbonyl (C=O) groups is 1. The molecule has 3 aromatic rings. The summed E-state index contributed by atoms with van der Waals surface area (Å²) in [6, 6.07) is 14.1. The number of nitrogens with one attached hydrogen (secondary N) is 1. The molecule has 1 aromatic carbocycles. The van der Waals surface area contributed by atoms with Crippen LogP contribution in [0, 0.1) is 6.92 Å². The summed E-state index contributed by atoms with van der Waals surface area (Å²) in [7, 11) is 2.11. The monoisotopic (exact) mass is 442 g/mol. The summed E-state index contributed by atoms with van der Waals surface area (Å²) in [6.45, 7) is 5.39. The Balaban J connectivity index is 1.83. The Labute approximate surface area is 194 Å². The fourth-order valence-corrected chi connectivity index (χ4v) is 4.31. The lowest BCUT2D eigenvalue weighted by Gasteiger charge is -2.29. The largest absolute Gasteiger partial charge is 0.383 e. The Morgan fingerprint density at radius 3 is 2.42 bits per heavy atom. The van der Waals surface area contributed by atoms with Crippen molar-refractivity contribution in [1.82, 2.24) is 25.1 Å². The Morgan fingerprint density at radius 2 is 1.79 bits per heavy atom. The predicted molar refractivity (Wildman–Crippen MR) is 131 cm³/mol. The average molecular weight is 443 g/mol. The van der Waals surface area contributed by atoms with E-state index in [0.29, 0.717) is 5.56 Å². The number of nitrogen functional groups attached to an aromatic ring is 1. The van der Waals surface area contributed by atoms with Crippen LogP contribution in [0.3, 0.4) is 0 Å². The van der Waals surface area contributed by atoms with Crippen LogP contribution in [0.15, 0.2) is 54.9 Å². The van der Waals surface area contributed by atoms with Crippen LogP contribution in [0.4, 0.5) is 5.82 Å². The number of carbonyl (C=O) groups excluding carboxylic acids is 1. The van der Waals surface area contributed by atoms with Crippen molar-refractivity contribution in [2.24, 2.45) is 0 Å². The molecule has 7 nitrogen and oxygen atoms in total. The second-order valence-electron chi connectivity index (χ2n) is 8.59. The maximum atomic E-state index is 12.6. The minimum atomic E-state index is -0.113. The molecular weight excluding hydrogens is 412 g/mol. The lowest BCUT2D eigenvalue weighted by atomic mass is 9.90. The Bertz CT molecular complexity index is 1180. The van der Waals surface area contributed by atoms with Crippen molar-refractivity contribution in [2.45, 2.75) is 32.6 Å². The molecular formula is C26H30N6O. The number of pyridine rings is 1. The maximum Gasteiger partial charge on any atom is 0.165 e. The van der Waals surface area contributed by atoms with E-state index in [-0.39, 0.29) is 17.5 Å². The first-order chi connectivity index (χ1) is 15.9. The highest BCUT2D eigenvalue weighted by molar-refractivity contribution is 5.99. The van der Waals surface area contributed by atoms with Crippen molar-refractivity contribution in [1.29, 1.82) is 0 Å². The third kappa shape index (κ3) is 5.09. The molecule has 33 heavy (non-hydrogen) atoms. The topological polar surface area (TPSA) is 101 Å². The van der Waals surface area contributed by atoms with Crippen LogP contribution >= 0.6 is 0 Å². The molecule has 3 N–H and O–H groups in total. The number of anilines is 1. The molecule has 0 spiro atoms. The van der Waals surface area contributed by atoms with E-state index in [9.17, 15) is 4.79 Å². The van der Waals surface area contributed by atoms with E-state index in [2.05, 4.69) is 27.1 Å². The number of H-pyrrole nitrogens is 1. The van der Waals surface area contributed by atoms with Gasteiger partial charge in [0.2, 0.25) is 0 Å². The highest BCUT2D eigenvalue weighted by Crippen LogP contribution is 2.31. The van der Waals surface area contributed by atoms with Gasteiger partial charge in [0.1, 0.15) is 5.82 Å². The molecule has 1 aliphatic heterocycles. The molecule has 1 fully saturated rings. The SMILES string of the molecule is CC(=O)c1c(C2CCN(C)CC2)nc(C)c(-c2ccc(-c3ccccc3)nc2)cn[nH]c1N. The number of Topliss-reactive ketones (excluding diaryl/α,β-unsaturated/α-hetero) is 1. The van der Waals surface area contributed by atoms with Crippen LogP contribution < -0.4 is 5.73 Å². The molecule has 0 bridgehead atoms. The average Bonchev–Trinajstić information content (AvgIpc) is 2.88. The number of rotatable bonds is 4. The molecule has 170 valence electrons. The van der Waals surface area contributed by atoms with Gasteiger partial charge in [0, 0.05) is 34.5 Å². The van der Waals surface area contributed by atoms with E-state index in [4.69, 9.17) is 10.7 Å². The standard InChI is InChI=1S/C26H30N6O/c1-17-22(21-9-10-23(28-15-21)19-7-5-4-6-8-19)16-29-31-26(27)24(18(2)33)25(30-17)20-11-13-32(3)14-12-20/h4-10,15-16,20,31H,11-14,27H2,1-3H3. The molecule has 2 aromatic heterocycles. The van der Waals surface area contributed by atoms with Gasteiger partial charge in [-0.15, -0.1) is 0 Å². The van der Waals surface area contributed by atoms with Gasteiger partial charge < -0.3 is 10.6 Å². The van der Waals surface area contributed by atoms with E-state index in [1.807, 2.05) is 55.6 Å². The minimum absolute atomic E-state index is 0.113. The van der Waals surface area contributed by atoms with E-state index in [1.54, 1.807) is 6.20 Å². The minimum Gasteiger partial charge on any atom is -0.383 e. The molecule has 1 aliphatic rings. The quantitative estimate of drug-likeness (QED) is 0.575. The van der Waals surface area contributed by atoms with E-state index in [1.165, 1.54) is 6.92 Å². The van der Waals surface area contributed by atoms with Gasteiger partial charge in [0.15, 0.2) is 5.78 Å². The molecule has 3 heterocycles. The van der Waals surface area contributed by atoms with Gasteiger partial charge in [0.05, 0.1) is 23.1 Å². The third-order valence-corrected chi connectivity index (χ3v) is 6.18. The molecule has 1 saturated heterocycles. The van der Waals surface area contributed by atoms with E-state index in [0.717, 1.165) is 59.7 Å². The van der Waals surface area contributed by atoms with Crippen molar-refractivity contribution in [3.8, 4) is 22.4 Å². The van der Waals surface area contributed by atoms with Gasteiger partial charge >= 0.3 is 0 Å². The van der Waals surface area contributed by atoms with Crippen LogP contribution in [-0.2, 0) is 0 Å². The van der Waals surface area contributed by atoms with Crippen molar-refractivity contribution < 1.29 is 4.79 Å². The molecule has 4 rings (SSSR count). The zero-order chi connectivity index (χ0) is 23.4. The lowest BCUT2D eigenvalue weighted by Crippen LogP contribution is -2.30. The van der Waals surface area contributed by atoms with E-state index < -0.39 is 0 Å². The first kappa shape index (κ1) is 22.6. The van der Waals surface area contributed by atoms with Crippen molar-refractivity contribution in [3.63, 3.8) is 0 Å². The van der Waals surface area contributed by atoms with Gasteiger partial charge in [-0.2, -0.15) is 5.10 Å². The van der Waals surface area contributed by atoms with Gasteiger partial charge in [-0.3, -0.25) is 19.9 Å². The van der Waals surface area contributed by atoms with Crippen LogP contribution in [0.25, 0.3) is 22.4 Å². The van der Waals surface area contributed by atoms with Gasteiger partial charge in [-0.25, -0.2) is 0 Å². The number of hydrogen-bond donors (Lipinski definition) is 2. The summed E-state index contributed by atoms with van der Waals surface area (Å²) < 4.78 is 0. The number of nitrogens with two attached hydrogens (primary N) is 1. The van der Waals surface area contributed by atoms with Crippen molar-refractivity contribution >= 4 is 11.6 Å². The second kappa shape index (κ2) is 9.92. The molecule has 0 unspecified atom stereocenters. The second-order valence-corrected chi connectivity index (χ2v) is 8.59. The number of nitrogens with zero attached hydrogens (tertiary/aromatic N) is 4. The number of aromatic amines is 1. The number of benzene rings is 1. The number of ketones is 1. The number of aryl methyl sites for hydroxylation is 1. The number of hydrogen-bond acceptors (Lipinski definition) is 6. The van der Waals surface area contributed by atoms with Crippen LogP contribution in [0.2, 0.25) is 0 Å². The normalized spacial score (nSPS) is 14.6. The van der Waals surface area contributed by atoms with Crippen molar-refractivity contribution in [3.05, 3.63) is 71.8 Å². The smallest absolute Gasteiger partial charge is 0.165 e. The van der Waals surface area contributed by atoms with Gasteiger partial charge in [0.25, 0.3) is 0 Å². The summed E-state index contributed by atoms with van der Waals surface area (Å²) in [5.74, 6) is 0.286. The first-order valence-electron chi connectivity index (χ1n) is 11.2. The highest BCUT2D eigenvalue weighted by Gasteiger charge is 2.25. The highest BCUT2D eigenvalue weighted by atomic mass is 16.1. The summed E-state index contributed by atoms with van der Waals surface area (Å²) in [6.07, 6.45) is 5.38. The Morgan fingerprint density at radius 1 is 1.06 bits per heavy atom. The fraction of sp³-hybridized carbons (Fsp3) is 0.308. The zero-order valence-electron chi connectivity index (χ0n) is 19.4. The Kier molecular flexibility index (Phi) is 6.79. The maximum absolute atomic E-state index is 12.6. The summed E-state index contributed by atoms with van der Waals surface area (Å²) in [5.41, 5.74) is 11.9. The number of likely N-dealkylation sites (tertiary alicyclic amines) is 1. The van der Waals surface area contributed by atoms with Crippen LogP contribution in [0.5, 0.6) is 0 Å².